The van der Waals surface area contributed by atoms with E-state index in [4.69, 9.17) is 11.6 Å². The molecule has 1 aromatic heterocycles. The summed E-state index contributed by atoms with van der Waals surface area (Å²) in [6, 6.07) is 0.474. The summed E-state index contributed by atoms with van der Waals surface area (Å²) >= 11 is 6.26. The molecular weight excluding hydrogens is 196 g/mol. The van der Waals surface area contributed by atoms with Crippen molar-refractivity contribution in [2.45, 2.75) is 46.1 Å². The largest absolute Gasteiger partial charge is 0.250 e. The van der Waals surface area contributed by atoms with Gasteiger partial charge in [0.2, 0.25) is 0 Å². The van der Waals surface area contributed by atoms with E-state index in [2.05, 4.69) is 25.9 Å². The molecule has 1 unspecified atom stereocenters. The van der Waals surface area contributed by atoms with Gasteiger partial charge in [0.1, 0.15) is 5.15 Å². The molecule has 0 amide bonds. The summed E-state index contributed by atoms with van der Waals surface area (Å²) in [5.74, 6) is 0.802. The average molecular weight is 213 g/mol. The second-order valence-electron chi connectivity index (χ2n) is 4.24. The summed E-state index contributed by atoms with van der Waals surface area (Å²) in [5, 5.41) is 5.41. The first kappa shape index (κ1) is 10.0. The minimum Gasteiger partial charge on any atom is -0.250 e. The van der Waals surface area contributed by atoms with Gasteiger partial charge in [0, 0.05) is 5.56 Å². The van der Waals surface area contributed by atoms with Crippen LogP contribution in [0.25, 0.3) is 0 Å². The summed E-state index contributed by atoms with van der Waals surface area (Å²) in [6.45, 7) is 6.40. The lowest BCUT2D eigenvalue weighted by atomic mass is 10.2. The van der Waals surface area contributed by atoms with E-state index in [1.807, 2.05) is 4.68 Å². The predicted molar refractivity (Wildman–Crippen MR) is 58.8 cm³/mol. The molecular formula is C11H17ClN2. The van der Waals surface area contributed by atoms with Crippen molar-refractivity contribution < 1.29 is 0 Å². The van der Waals surface area contributed by atoms with Crippen LogP contribution >= 0.6 is 11.6 Å². The minimum absolute atomic E-state index is 0.474. The number of hydrogen-bond donors (Lipinski definition) is 0. The highest BCUT2D eigenvalue weighted by Gasteiger charge is 2.31. The Morgan fingerprint density at radius 3 is 2.64 bits per heavy atom. The van der Waals surface area contributed by atoms with Crippen molar-refractivity contribution in [3.8, 4) is 0 Å². The smallest absolute Gasteiger partial charge is 0.130 e. The highest BCUT2D eigenvalue weighted by atomic mass is 35.5. The lowest BCUT2D eigenvalue weighted by molar-refractivity contribution is 0.437. The Hall–Kier alpha value is -0.500. The maximum absolute atomic E-state index is 6.26. The summed E-state index contributed by atoms with van der Waals surface area (Å²) in [5.41, 5.74) is 2.30. The monoisotopic (exact) mass is 212 g/mol. The second-order valence-corrected chi connectivity index (χ2v) is 4.60. The summed E-state index contributed by atoms with van der Waals surface area (Å²) in [6.07, 6.45) is 3.63. The molecule has 14 heavy (non-hydrogen) atoms. The van der Waals surface area contributed by atoms with Crippen LogP contribution in [-0.4, -0.2) is 9.78 Å². The molecule has 0 radical (unpaired) electrons. The van der Waals surface area contributed by atoms with Gasteiger partial charge >= 0.3 is 0 Å². The third-order valence-electron chi connectivity index (χ3n) is 3.20. The van der Waals surface area contributed by atoms with Gasteiger partial charge in [0.15, 0.2) is 0 Å². The molecule has 1 fully saturated rings. The van der Waals surface area contributed by atoms with Gasteiger partial charge in [0.25, 0.3) is 0 Å². The Morgan fingerprint density at radius 1 is 1.57 bits per heavy atom. The molecule has 2 rings (SSSR count). The Morgan fingerprint density at radius 2 is 2.21 bits per heavy atom. The lowest BCUT2D eigenvalue weighted by Gasteiger charge is -2.11. The zero-order chi connectivity index (χ0) is 10.3. The Bertz CT molecular complexity index is 339. The van der Waals surface area contributed by atoms with Crippen LogP contribution in [-0.2, 0) is 6.42 Å². The van der Waals surface area contributed by atoms with Crippen LogP contribution in [0.3, 0.4) is 0 Å². The van der Waals surface area contributed by atoms with Gasteiger partial charge in [-0.2, -0.15) is 5.10 Å². The molecule has 1 aliphatic rings. The van der Waals surface area contributed by atoms with E-state index in [9.17, 15) is 0 Å². The highest BCUT2D eigenvalue weighted by Crippen LogP contribution is 2.40. The van der Waals surface area contributed by atoms with E-state index in [-0.39, 0.29) is 0 Å². The third kappa shape index (κ3) is 1.56. The van der Waals surface area contributed by atoms with Crippen LogP contribution in [0.15, 0.2) is 0 Å². The van der Waals surface area contributed by atoms with E-state index in [1.165, 1.54) is 12.8 Å². The molecule has 1 aromatic rings. The van der Waals surface area contributed by atoms with Gasteiger partial charge in [-0.05, 0) is 39.0 Å². The van der Waals surface area contributed by atoms with E-state index >= 15 is 0 Å². The molecule has 1 aliphatic carbocycles. The van der Waals surface area contributed by atoms with Crippen molar-refractivity contribution in [1.29, 1.82) is 0 Å². The molecule has 0 bridgehead atoms. The maximum atomic E-state index is 6.26. The number of nitrogens with zero attached hydrogens (tertiary/aromatic N) is 2. The number of aryl methyl sites for hydroxylation is 1. The second kappa shape index (κ2) is 3.58. The van der Waals surface area contributed by atoms with E-state index < -0.39 is 0 Å². The van der Waals surface area contributed by atoms with Crippen LogP contribution in [0.2, 0.25) is 5.15 Å². The molecule has 0 aliphatic heterocycles. The third-order valence-corrected chi connectivity index (χ3v) is 3.65. The standard InChI is InChI=1S/C11H17ClN2/c1-4-10-7(2)11(12)14(13-10)8(3)9-5-6-9/h8-9H,4-6H2,1-3H3. The van der Waals surface area contributed by atoms with E-state index in [0.717, 1.165) is 28.7 Å². The Labute approximate surface area is 90.3 Å². The molecule has 1 atom stereocenters. The van der Waals surface area contributed by atoms with Crippen molar-refractivity contribution in [2.24, 2.45) is 5.92 Å². The molecule has 0 aromatic carbocycles. The Kier molecular flexibility index (Phi) is 2.56. The minimum atomic E-state index is 0.474. The SMILES string of the molecule is CCc1nn(C(C)C2CC2)c(Cl)c1C. The van der Waals surface area contributed by atoms with Gasteiger partial charge in [0.05, 0.1) is 11.7 Å². The topological polar surface area (TPSA) is 17.8 Å². The number of aromatic nitrogens is 2. The number of hydrogen-bond acceptors (Lipinski definition) is 1. The molecule has 0 saturated heterocycles. The number of halogens is 1. The van der Waals surface area contributed by atoms with Crippen LogP contribution in [0, 0.1) is 12.8 Å². The fraction of sp³-hybridized carbons (Fsp3) is 0.727. The van der Waals surface area contributed by atoms with Crippen molar-refractivity contribution >= 4 is 11.6 Å². The first-order chi connectivity index (χ1) is 6.65. The first-order valence-corrected chi connectivity index (χ1v) is 5.76. The van der Waals surface area contributed by atoms with Gasteiger partial charge in [-0.3, -0.25) is 4.68 Å². The van der Waals surface area contributed by atoms with Gasteiger partial charge in [-0.25, -0.2) is 0 Å². The fourth-order valence-corrected chi connectivity index (χ4v) is 2.22. The van der Waals surface area contributed by atoms with E-state index in [1.54, 1.807) is 0 Å². The van der Waals surface area contributed by atoms with Crippen molar-refractivity contribution in [3.63, 3.8) is 0 Å². The van der Waals surface area contributed by atoms with Crippen LogP contribution < -0.4 is 0 Å². The molecule has 0 N–H and O–H groups in total. The van der Waals surface area contributed by atoms with Crippen LogP contribution in [0.4, 0.5) is 0 Å². The van der Waals surface area contributed by atoms with Crippen LogP contribution in [0.5, 0.6) is 0 Å². The molecule has 1 heterocycles. The van der Waals surface area contributed by atoms with Gasteiger partial charge < -0.3 is 0 Å². The predicted octanol–water partition coefficient (Wildman–Crippen LogP) is 3.38. The van der Waals surface area contributed by atoms with E-state index in [0.29, 0.717) is 6.04 Å². The van der Waals surface area contributed by atoms with Crippen molar-refractivity contribution in [1.82, 2.24) is 9.78 Å². The maximum Gasteiger partial charge on any atom is 0.130 e. The fourth-order valence-electron chi connectivity index (χ4n) is 1.92. The zero-order valence-corrected chi connectivity index (χ0v) is 9.80. The normalized spacial score (nSPS) is 18.6. The molecule has 1 saturated carbocycles. The quantitative estimate of drug-likeness (QED) is 0.751. The summed E-state index contributed by atoms with van der Waals surface area (Å²) in [7, 11) is 0. The van der Waals surface area contributed by atoms with Crippen molar-refractivity contribution in [2.75, 3.05) is 0 Å². The zero-order valence-electron chi connectivity index (χ0n) is 9.05. The molecule has 2 nitrogen and oxygen atoms in total. The Balaban J connectivity index is 2.32. The highest BCUT2D eigenvalue weighted by molar-refractivity contribution is 6.30. The van der Waals surface area contributed by atoms with Gasteiger partial charge in [-0.1, -0.05) is 18.5 Å². The van der Waals surface area contributed by atoms with Crippen molar-refractivity contribution in [3.05, 3.63) is 16.4 Å². The average Bonchev–Trinajstić information content (AvgIpc) is 2.97. The van der Waals surface area contributed by atoms with Gasteiger partial charge in [-0.15, -0.1) is 0 Å². The summed E-state index contributed by atoms with van der Waals surface area (Å²) < 4.78 is 2.01. The van der Waals surface area contributed by atoms with Crippen LogP contribution in [0.1, 0.15) is 44.0 Å². The summed E-state index contributed by atoms with van der Waals surface area (Å²) in [4.78, 5) is 0. The molecule has 3 heteroatoms. The molecule has 0 spiro atoms. The number of rotatable bonds is 3. The molecule has 78 valence electrons. The first-order valence-electron chi connectivity index (χ1n) is 5.38. The lowest BCUT2D eigenvalue weighted by Crippen LogP contribution is -2.09.